The van der Waals surface area contributed by atoms with Gasteiger partial charge in [0.1, 0.15) is 18.3 Å². The van der Waals surface area contributed by atoms with Gasteiger partial charge < -0.3 is 10.1 Å². The Hall–Kier alpha value is -1.95. The molecule has 0 aliphatic carbocycles. The lowest BCUT2D eigenvalue weighted by Crippen LogP contribution is -2.30. The van der Waals surface area contributed by atoms with E-state index in [4.69, 9.17) is 11.2 Å². The van der Waals surface area contributed by atoms with E-state index in [1.807, 2.05) is 24.3 Å². The predicted molar refractivity (Wildman–Crippen MR) is 70.4 cm³/mol. The van der Waals surface area contributed by atoms with Crippen LogP contribution in [0.3, 0.4) is 0 Å². The molecule has 1 aromatic carbocycles. The van der Waals surface area contributed by atoms with Crippen LogP contribution < -0.4 is 10.1 Å². The van der Waals surface area contributed by atoms with E-state index < -0.39 is 0 Å². The van der Waals surface area contributed by atoms with E-state index in [-0.39, 0.29) is 11.8 Å². The van der Waals surface area contributed by atoms with E-state index in [1.54, 1.807) is 0 Å². The number of ether oxygens (including phenoxy) is 1. The molecule has 0 spiro atoms. The first-order valence-corrected chi connectivity index (χ1v) is 6.26. The van der Waals surface area contributed by atoms with Gasteiger partial charge in [0.15, 0.2) is 0 Å². The highest BCUT2D eigenvalue weighted by Crippen LogP contribution is 2.33. The van der Waals surface area contributed by atoms with Crippen LogP contribution in [-0.2, 0) is 4.79 Å². The molecular formula is C15H17NO2. The van der Waals surface area contributed by atoms with Crippen molar-refractivity contribution in [2.45, 2.75) is 25.2 Å². The summed E-state index contributed by atoms with van der Waals surface area (Å²) in [6.07, 6.45) is 7.81. The van der Waals surface area contributed by atoms with Crippen LogP contribution in [0.1, 0.15) is 30.7 Å². The highest BCUT2D eigenvalue weighted by molar-refractivity contribution is 5.85. The topological polar surface area (TPSA) is 38.3 Å². The lowest BCUT2D eigenvalue weighted by atomic mass is 10.0. The summed E-state index contributed by atoms with van der Waals surface area (Å²) in [5, 5.41) is 2.94. The largest absolute Gasteiger partial charge is 0.492 e. The Bertz CT molecular complexity index is 462. The summed E-state index contributed by atoms with van der Waals surface area (Å²) in [5.74, 6) is 3.29. The summed E-state index contributed by atoms with van der Waals surface area (Å²) in [6, 6.07) is 7.69. The number of carbonyl (C=O) groups excluding carboxylic acids is 1. The fourth-order valence-electron chi connectivity index (χ4n) is 2.07. The van der Waals surface area contributed by atoms with Gasteiger partial charge in [-0.2, -0.15) is 0 Å². The molecule has 3 nitrogen and oxygen atoms in total. The van der Waals surface area contributed by atoms with Gasteiger partial charge in [0, 0.05) is 18.5 Å². The van der Waals surface area contributed by atoms with E-state index >= 15 is 0 Å². The number of hydrogen-bond acceptors (Lipinski definition) is 2. The van der Waals surface area contributed by atoms with Gasteiger partial charge in [-0.3, -0.25) is 4.79 Å². The average molecular weight is 243 g/mol. The predicted octanol–water partition coefficient (Wildman–Crippen LogP) is 2.08. The number of unbranched alkanes of at least 4 members (excludes halogenated alkanes) is 2. The molecule has 0 saturated carbocycles. The molecule has 1 unspecified atom stereocenters. The number of hydrogen-bond donors (Lipinski definition) is 1. The molecule has 94 valence electrons. The fourth-order valence-corrected chi connectivity index (χ4v) is 2.07. The molecule has 2 rings (SSSR count). The van der Waals surface area contributed by atoms with Crippen molar-refractivity contribution in [3.63, 3.8) is 0 Å². The summed E-state index contributed by atoms with van der Waals surface area (Å²) < 4.78 is 5.49. The quantitative estimate of drug-likeness (QED) is 0.635. The minimum atomic E-state index is -0.172. The number of benzene rings is 1. The van der Waals surface area contributed by atoms with Crippen LogP contribution in [0.25, 0.3) is 0 Å². The Labute approximate surface area is 108 Å². The van der Waals surface area contributed by atoms with E-state index in [0.29, 0.717) is 13.2 Å². The summed E-state index contributed by atoms with van der Waals surface area (Å²) in [5.41, 5.74) is 0.985. The van der Waals surface area contributed by atoms with E-state index in [9.17, 15) is 4.79 Å². The van der Waals surface area contributed by atoms with Gasteiger partial charge in [-0.15, -0.1) is 12.3 Å². The van der Waals surface area contributed by atoms with E-state index in [0.717, 1.165) is 30.6 Å². The van der Waals surface area contributed by atoms with Crippen LogP contribution in [0.5, 0.6) is 5.75 Å². The maximum Gasteiger partial charge on any atom is 0.231 e. The SMILES string of the molecule is C#CCCCCNC(=O)C1COc2ccccc21. The fraction of sp³-hybridized carbons (Fsp3) is 0.400. The monoisotopic (exact) mass is 243 g/mol. The molecule has 0 aromatic heterocycles. The zero-order valence-electron chi connectivity index (χ0n) is 10.3. The van der Waals surface area contributed by atoms with Crippen molar-refractivity contribution >= 4 is 5.91 Å². The first-order chi connectivity index (χ1) is 8.83. The van der Waals surface area contributed by atoms with Gasteiger partial charge in [-0.1, -0.05) is 18.2 Å². The molecule has 0 fully saturated rings. The number of nitrogens with one attached hydrogen (secondary N) is 1. The van der Waals surface area contributed by atoms with Crippen molar-refractivity contribution in [3.8, 4) is 18.1 Å². The van der Waals surface area contributed by atoms with Crippen LogP contribution in [0.2, 0.25) is 0 Å². The molecule has 1 heterocycles. The van der Waals surface area contributed by atoms with Gasteiger partial charge in [0.25, 0.3) is 0 Å². The molecular weight excluding hydrogens is 226 g/mol. The maximum absolute atomic E-state index is 12.0. The number of terminal acetylenes is 1. The third-order valence-electron chi connectivity index (χ3n) is 3.06. The minimum Gasteiger partial charge on any atom is -0.492 e. The molecule has 0 saturated heterocycles. The van der Waals surface area contributed by atoms with Crippen LogP contribution in [-0.4, -0.2) is 19.1 Å². The van der Waals surface area contributed by atoms with Crippen molar-refractivity contribution < 1.29 is 9.53 Å². The van der Waals surface area contributed by atoms with E-state index in [1.165, 1.54) is 0 Å². The van der Waals surface area contributed by atoms with Crippen molar-refractivity contribution in [1.29, 1.82) is 0 Å². The zero-order chi connectivity index (χ0) is 12.8. The van der Waals surface area contributed by atoms with Crippen molar-refractivity contribution in [3.05, 3.63) is 29.8 Å². The Kier molecular flexibility index (Phi) is 4.25. The molecule has 1 amide bonds. The summed E-state index contributed by atoms with van der Waals surface area (Å²) in [4.78, 5) is 12.0. The third kappa shape index (κ3) is 2.84. The average Bonchev–Trinajstić information content (AvgIpc) is 2.82. The second-order valence-electron chi connectivity index (χ2n) is 4.35. The number of fused-ring (bicyclic) bond motifs is 1. The van der Waals surface area contributed by atoms with Crippen LogP contribution >= 0.6 is 0 Å². The lowest BCUT2D eigenvalue weighted by molar-refractivity contribution is -0.122. The Morgan fingerprint density at radius 2 is 2.28 bits per heavy atom. The first kappa shape index (κ1) is 12.5. The van der Waals surface area contributed by atoms with Crippen LogP contribution in [0.4, 0.5) is 0 Å². The second-order valence-corrected chi connectivity index (χ2v) is 4.35. The maximum atomic E-state index is 12.0. The van der Waals surface area contributed by atoms with Gasteiger partial charge in [0.05, 0.1) is 0 Å². The Morgan fingerprint density at radius 3 is 3.11 bits per heavy atom. The molecule has 1 atom stereocenters. The summed E-state index contributed by atoms with van der Waals surface area (Å²) in [7, 11) is 0. The lowest BCUT2D eigenvalue weighted by Gasteiger charge is -2.09. The normalized spacial score (nSPS) is 16.5. The van der Waals surface area contributed by atoms with Crippen molar-refractivity contribution in [1.82, 2.24) is 5.32 Å². The number of para-hydroxylation sites is 1. The van der Waals surface area contributed by atoms with Crippen LogP contribution in [0, 0.1) is 12.3 Å². The third-order valence-corrected chi connectivity index (χ3v) is 3.06. The second kappa shape index (κ2) is 6.11. The van der Waals surface area contributed by atoms with Crippen molar-refractivity contribution in [2.75, 3.05) is 13.2 Å². The Morgan fingerprint density at radius 1 is 1.44 bits per heavy atom. The van der Waals surface area contributed by atoms with Crippen molar-refractivity contribution in [2.24, 2.45) is 0 Å². The standard InChI is InChI=1S/C15H17NO2/c1-2-3-4-7-10-16-15(17)13-11-18-14-9-6-5-8-12(13)14/h1,5-6,8-9,13H,3-4,7,10-11H2,(H,16,17). The molecule has 0 radical (unpaired) electrons. The highest BCUT2D eigenvalue weighted by atomic mass is 16.5. The van der Waals surface area contributed by atoms with Gasteiger partial charge in [-0.05, 0) is 18.9 Å². The smallest absolute Gasteiger partial charge is 0.231 e. The zero-order valence-corrected chi connectivity index (χ0v) is 10.3. The first-order valence-electron chi connectivity index (χ1n) is 6.26. The molecule has 3 heteroatoms. The molecule has 1 N–H and O–H groups in total. The molecule has 18 heavy (non-hydrogen) atoms. The van der Waals surface area contributed by atoms with Gasteiger partial charge in [-0.25, -0.2) is 0 Å². The highest BCUT2D eigenvalue weighted by Gasteiger charge is 2.29. The van der Waals surface area contributed by atoms with Gasteiger partial charge >= 0.3 is 0 Å². The van der Waals surface area contributed by atoms with E-state index in [2.05, 4.69) is 11.2 Å². The molecule has 1 aliphatic rings. The Balaban J connectivity index is 1.83. The summed E-state index contributed by atoms with van der Waals surface area (Å²) >= 11 is 0. The minimum absolute atomic E-state index is 0.0423. The number of amides is 1. The number of rotatable bonds is 5. The molecule has 0 bridgehead atoms. The van der Waals surface area contributed by atoms with Crippen LogP contribution in [0.15, 0.2) is 24.3 Å². The van der Waals surface area contributed by atoms with Gasteiger partial charge in [0.2, 0.25) is 5.91 Å². The molecule has 1 aliphatic heterocycles. The number of carbonyl (C=O) groups is 1. The molecule has 1 aromatic rings. The summed E-state index contributed by atoms with van der Waals surface area (Å²) in [6.45, 7) is 1.12.